The van der Waals surface area contributed by atoms with E-state index >= 15 is 0 Å². The van der Waals surface area contributed by atoms with E-state index in [-0.39, 0.29) is 29.9 Å². The summed E-state index contributed by atoms with van der Waals surface area (Å²) < 4.78 is 10.5. The van der Waals surface area contributed by atoms with Crippen molar-refractivity contribution in [2.45, 2.75) is 51.4 Å². The maximum Gasteiger partial charge on any atom is 0.313 e. The second kappa shape index (κ2) is 7.36. The highest BCUT2D eigenvalue weighted by atomic mass is 16.6. The van der Waals surface area contributed by atoms with Crippen LogP contribution in [0.5, 0.6) is 0 Å². The van der Waals surface area contributed by atoms with Gasteiger partial charge < -0.3 is 9.47 Å². The number of benzene rings is 1. The standard InChI is InChI=1S/C18H22O4/c1-4-15(14-8-6-5-7-9-14)18(20)21-12(2)10-11-16(19)17-13(3)22-17/h5-13,15,17H,4H2,1-3H3/b11-10+/t12-,13-,15-,17+/m0/s1. The molecule has 4 nitrogen and oxygen atoms in total. The van der Waals surface area contributed by atoms with Gasteiger partial charge in [-0.25, -0.2) is 0 Å². The Morgan fingerprint density at radius 1 is 1.32 bits per heavy atom. The van der Waals surface area contributed by atoms with Gasteiger partial charge in [0.15, 0.2) is 5.78 Å². The van der Waals surface area contributed by atoms with Crippen molar-refractivity contribution in [3.05, 3.63) is 48.0 Å². The SMILES string of the molecule is CC[C@H](C(=O)O[C@@H](C)/C=C/C(=O)[C@@H]1O[C@H]1C)c1ccccc1. The second-order valence-electron chi connectivity index (χ2n) is 5.54. The molecule has 1 fully saturated rings. The van der Waals surface area contributed by atoms with Crippen molar-refractivity contribution in [3.63, 3.8) is 0 Å². The first-order valence-electron chi connectivity index (χ1n) is 7.65. The lowest BCUT2D eigenvalue weighted by atomic mass is 9.97. The van der Waals surface area contributed by atoms with Gasteiger partial charge in [0.2, 0.25) is 0 Å². The van der Waals surface area contributed by atoms with Crippen LogP contribution in [-0.4, -0.2) is 30.1 Å². The van der Waals surface area contributed by atoms with E-state index in [1.165, 1.54) is 6.08 Å². The molecule has 1 aromatic rings. The van der Waals surface area contributed by atoms with Gasteiger partial charge in [0.1, 0.15) is 12.2 Å². The van der Waals surface area contributed by atoms with E-state index in [4.69, 9.17) is 9.47 Å². The minimum absolute atomic E-state index is 0.00226. The normalized spacial score (nSPS) is 23.0. The zero-order chi connectivity index (χ0) is 16.1. The fourth-order valence-electron chi connectivity index (χ4n) is 2.34. The number of ketones is 1. The molecule has 0 N–H and O–H groups in total. The Labute approximate surface area is 131 Å². The molecule has 0 aliphatic carbocycles. The molecule has 1 aliphatic heterocycles. The number of ether oxygens (including phenoxy) is 2. The lowest BCUT2D eigenvalue weighted by Crippen LogP contribution is -2.20. The Balaban J connectivity index is 1.89. The zero-order valence-electron chi connectivity index (χ0n) is 13.2. The lowest BCUT2D eigenvalue weighted by molar-refractivity contribution is -0.148. The van der Waals surface area contributed by atoms with Crippen LogP contribution in [0.25, 0.3) is 0 Å². The van der Waals surface area contributed by atoms with Gasteiger partial charge in [0, 0.05) is 0 Å². The van der Waals surface area contributed by atoms with Gasteiger partial charge in [-0.05, 0) is 38.0 Å². The fourth-order valence-corrected chi connectivity index (χ4v) is 2.34. The smallest absolute Gasteiger partial charge is 0.313 e. The average molecular weight is 302 g/mol. The van der Waals surface area contributed by atoms with E-state index < -0.39 is 6.10 Å². The second-order valence-corrected chi connectivity index (χ2v) is 5.54. The van der Waals surface area contributed by atoms with Gasteiger partial charge in [-0.1, -0.05) is 37.3 Å². The number of carbonyl (C=O) groups excluding carboxylic acids is 2. The molecule has 4 heteroatoms. The highest BCUT2D eigenvalue weighted by Crippen LogP contribution is 2.23. The van der Waals surface area contributed by atoms with Crippen LogP contribution in [0.4, 0.5) is 0 Å². The van der Waals surface area contributed by atoms with E-state index in [1.807, 2.05) is 44.2 Å². The van der Waals surface area contributed by atoms with E-state index in [1.54, 1.807) is 13.0 Å². The zero-order valence-corrected chi connectivity index (χ0v) is 13.2. The highest BCUT2D eigenvalue weighted by molar-refractivity contribution is 5.95. The first-order valence-corrected chi connectivity index (χ1v) is 7.65. The molecule has 1 saturated heterocycles. The van der Waals surface area contributed by atoms with Crippen molar-refractivity contribution in [1.29, 1.82) is 0 Å². The molecular formula is C18H22O4. The number of hydrogen-bond donors (Lipinski definition) is 0. The van der Waals surface area contributed by atoms with Crippen molar-refractivity contribution in [2.75, 3.05) is 0 Å². The van der Waals surface area contributed by atoms with Crippen LogP contribution < -0.4 is 0 Å². The molecule has 4 atom stereocenters. The van der Waals surface area contributed by atoms with E-state index in [2.05, 4.69) is 0 Å². The summed E-state index contributed by atoms with van der Waals surface area (Å²) in [6.07, 6.45) is 2.95. The average Bonchev–Trinajstić information content (AvgIpc) is 3.24. The molecule has 1 aromatic carbocycles. The van der Waals surface area contributed by atoms with Crippen LogP contribution in [0, 0.1) is 0 Å². The first-order chi connectivity index (χ1) is 10.5. The Kier molecular flexibility index (Phi) is 5.50. The Morgan fingerprint density at radius 2 is 1.95 bits per heavy atom. The number of epoxide rings is 1. The van der Waals surface area contributed by atoms with E-state index in [0.29, 0.717) is 6.42 Å². The van der Waals surface area contributed by atoms with Crippen LogP contribution in [0.3, 0.4) is 0 Å². The van der Waals surface area contributed by atoms with Crippen molar-refractivity contribution >= 4 is 11.8 Å². The molecule has 0 spiro atoms. The van der Waals surface area contributed by atoms with Crippen molar-refractivity contribution < 1.29 is 19.1 Å². The molecule has 0 bridgehead atoms. The van der Waals surface area contributed by atoms with Gasteiger partial charge in [-0.3, -0.25) is 9.59 Å². The molecular weight excluding hydrogens is 280 g/mol. The Bertz CT molecular complexity index is 549. The largest absolute Gasteiger partial charge is 0.458 e. The number of hydrogen-bond acceptors (Lipinski definition) is 4. The number of carbonyl (C=O) groups is 2. The van der Waals surface area contributed by atoms with Crippen LogP contribution >= 0.6 is 0 Å². The van der Waals surface area contributed by atoms with Gasteiger partial charge in [0.25, 0.3) is 0 Å². The molecule has 22 heavy (non-hydrogen) atoms. The minimum Gasteiger partial charge on any atom is -0.458 e. The third-order valence-electron chi connectivity index (χ3n) is 3.72. The summed E-state index contributed by atoms with van der Waals surface area (Å²) in [6, 6.07) is 9.57. The van der Waals surface area contributed by atoms with Crippen LogP contribution in [0.1, 0.15) is 38.7 Å². The van der Waals surface area contributed by atoms with Crippen LogP contribution in [0.15, 0.2) is 42.5 Å². The predicted octanol–water partition coefficient (Wildman–Crippen LogP) is 3.02. The van der Waals surface area contributed by atoms with Crippen molar-refractivity contribution in [3.8, 4) is 0 Å². The summed E-state index contributed by atoms with van der Waals surface area (Å²) in [6.45, 7) is 5.55. The fraction of sp³-hybridized carbons (Fsp3) is 0.444. The molecule has 0 unspecified atom stereocenters. The predicted molar refractivity (Wildman–Crippen MR) is 83.5 cm³/mol. The topological polar surface area (TPSA) is 55.9 Å². The van der Waals surface area contributed by atoms with Gasteiger partial charge in [-0.2, -0.15) is 0 Å². The number of rotatable bonds is 7. The van der Waals surface area contributed by atoms with E-state index in [9.17, 15) is 9.59 Å². The molecule has 118 valence electrons. The maximum absolute atomic E-state index is 12.3. The van der Waals surface area contributed by atoms with Gasteiger partial charge >= 0.3 is 5.97 Å². The highest BCUT2D eigenvalue weighted by Gasteiger charge is 2.39. The quantitative estimate of drug-likeness (QED) is 0.441. The molecule has 0 radical (unpaired) electrons. The number of esters is 1. The molecule has 2 rings (SSSR count). The molecule has 0 aromatic heterocycles. The summed E-state index contributed by atoms with van der Waals surface area (Å²) >= 11 is 0. The summed E-state index contributed by atoms with van der Waals surface area (Å²) in [5.74, 6) is -0.626. The third-order valence-corrected chi connectivity index (χ3v) is 3.72. The minimum atomic E-state index is -0.441. The Morgan fingerprint density at radius 3 is 2.50 bits per heavy atom. The van der Waals surface area contributed by atoms with Crippen molar-refractivity contribution in [2.24, 2.45) is 0 Å². The molecule has 0 amide bonds. The van der Waals surface area contributed by atoms with Gasteiger partial charge in [-0.15, -0.1) is 0 Å². The Hall–Kier alpha value is -1.94. The van der Waals surface area contributed by atoms with Crippen molar-refractivity contribution in [1.82, 2.24) is 0 Å². The first kappa shape index (κ1) is 16.4. The molecule has 1 heterocycles. The van der Waals surface area contributed by atoms with E-state index in [0.717, 1.165) is 5.56 Å². The maximum atomic E-state index is 12.3. The summed E-state index contributed by atoms with van der Waals surface area (Å²) in [7, 11) is 0. The molecule has 1 aliphatic rings. The summed E-state index contributed by atoms with van der Waals surface area (Å²) in [4.78, 5) is 23.9. The lowest BCUT2D eigenvalue weighted by Gasteiger charge is -2.17. The molecule has 0 saturated carbocycles. The summed E-state index contributed by atoms with van der Waals surface area (Å²) in [5, 5.41) is 0. The van der Waals surface area contributed by atoms with Crippen LogP contribution in [-0.2, 0) is 19.1 Å². The van der Waals surface area contributed by atoms with Gasteiger partial charge in [0.05, 0.1) is 12.0 Å². The third kappa shape index (κ3) is 4.28. The summed E-state index contributed by atoms with van der Waals surface area (Å²) in [5.41, 5.74) is 0.947. The monoisotopic (exact) mass is 302 g/mol. The van der Waals surface area contributed by atoms with Crippen LogP contribution in [0.2, 0.25) is 0 Å².